The zero-order valence-corrected chi connectivity index (χ0v) is 14.8. The third kappa shape index (κ3) is 4.24. The van der Waals surface area contributed by atoms with E-state index in [0.29, 0.717) is 17.9 Å². The van der Waals surface area contributed by atoms with E-state index in [1.807, 2.05) is 0 Å². The number of aliphatic imine (C=N–C) groups is 1. The number of hydrogen-bond donors (Lipinski definition) is 2. The van der Waals surface area contributed by atoms with Crippen LogP contribution in [0.15, 0.2) is 44.9 Å². The summed E-state index contributed by atoms with van der Waals surface area (Å²) in [5.41, 5.74) is -0.441. The van der Waals surface area contributed by atoms with Crippen LogP contribution in [0.5, 0.6) is 5.88 Å². The first-order valence-corrected chi connectivity index (χ1v) is 8.37. The molecule has 0 aliphatic carbocycles. The van der Waals surface area contributed by atoms with Crippen molar-refractivity contribution in [3.63, 3.8) is 0 Å². The lowest BCUT2D eigenvalue weighted by Gasteiger charge is -2.16. The van der Waals surface area contributed by atoms with Crippen LogP contribution in [0.25, 0.3) is 5.69 Å². The molecule has 134 valence electrons. The van der Waals surface area contributed by atoms with Crippen molar-refractivity contribution in [1.82, 2.24) is 14.5 Å². The van der Waals surface area contributed by atoms with E-state index in [4.69, 9.17) is 0 Å². The number of rotatable bonds is 7. The summed E-state index contributed by atoms with van der Waals surface area (Å²) in [7, 11) is 0. The summed E-state index contributed by atoms with van der Waals surface area (Å²) in [5, 5.41) is 10.5. The fourth-order valence-electron chi connectivity index (χ4n) is 2.65. The summed E-state index contributed by atoms with van der Waals surface area (Å²) >= 11 is 0. The number of hydrogen-bond acceptors (Lipinski definition) is 5. The average Bonchev–Trinajstić information content (AvgIpc) is 2.59. The first kappa shape index (κ1) is 18.7. The molecule has 0 radical (unpaired) electrons. The molecule has 1 aromatic carbocycles. The number of benzene rings is 1. The molecule has 2 rings (SSSR count). The smallest absolute Gasteiger partial charge is 0.335 e. The van der Waals surface area contributed by atoms with Crippen molar-refractivity contribution in [2.24, 2.45) is 4.99 Å². The third-order valence-corrected chi connectivity index (χ3v) is 4.12. The zero-order chi connectivity index (χ0) is 18.4. The number of nitrogens with zero attached hydrogens (tertiary/aromatic N) is 3. The van der Waals surface area contributed by atoms with Crippen molar-refractivity contribution < 1.29 is 5.11 Å². The van der Waals surface area contributed by atoms with Crippen LogP contribution in [0.1, 0.15) is 26.3 Å². The van der Waals surface area contributed by atoms with Gasteiger partial charge in [0.25, 0.3) is 5.56 Å². The number of nitrogens with one attached hydrogen (secondary N) is 1. The molecule has 0 saturated carbocycles. The van der Waals surface area contributed by atoms with Gasteiger partial charge < -0.3 is 10.0 Å². The monoisotopic (exact) mass is 344 g/mol. The van der Waals surface area contributed by atoms with Gasteiger partial charge in [-0.3, -0.25) is 14.8 Å². The molecule has 2 N–H and O–H groups in total. The summed E-state index contributed by atoms with van der Waals surface area (Å²) in [4.78, 5) is 33.2. The molecule has 7 nitrogen and oxygen atoms in total. The van der Waals surface area contributed by atoms with E-state index in [1.54, 1.807) is 37.3 Å². The van der Waals surface area contributed by atoms with Gasteiger partial charge in [0.1, 0.15) is 5.56 Å². The molecule has 0 unspecified atom stereocenters. The van der Waals surface area contributed by atoms with Gasteiger partial charge in [0.2, 0.25) is 5.88 Å². The van der Waals surface area contributed by atoms with E-state index >= 15 is 0 Å². The van der Waals surface area contributed by atoms with Gasteiger partial charge >= 0.3 is 5.69 Å². The molecular weight excluding hydrogens is 320 g/mol. The van der Waals surface area contributed by atoms with E-state index in [1.165, 1.54) is 0 Å². The quantitative estimate of drug-likeness (QED) is 0.743. The molecule has 0 fully saturated rings. The van der Waals surface area contributed by atoms with Gasteiger partial charge in [-0.1, -0.05) is 32.0 Å². The van der Waals surface area contributed by atoms with Gasteiger partial charge in [-0.05, 0) is 32.1 Å². The van der Waals surface area contributed by atoms with Gasteiger partial charge in [-0.2, -0.15) is 0 Å². The lowest BCUT2D eigenvalue weighted by atomic mass is 10.2. The normalized spacial score (nSPS) is 11.9. The SMILES string of the molecule is CCN(CC)CCN=C(C)c1c(O)n(-c2ccccc2)c(=O)[nH]c1=O. The molecule has 7 heteroatoms. The molecule has 1 aromatic heterocycles. The molecule has 0 atom stereocenters. The van der Waals surface area contributed by atoms with Crippen LogP contribution in [0.2, 0.25) is 0 Å². The highest BCUT2D eigenvalue weighted by molar-refractivity contribution is 6.00. The molecule has 0 aliphatic rings. The second-order valence-corrected chi connectivity index (χ2v) is 5.62. The minimum absolute atomic E-state index is 0.0167. The molecule has 0 aliphatic heterocycles. The van der Waals surface area contributed by atoms with Crippen molar-refractivity contribution >= 4 is 5.71 Å². The molecule has 0 spiro atoms. The molecule has 2 aromatic rings. The van der Waals surface area contributed by atoms with Gasteiger partial charge in [-0.25, -0.2) is 9.36 Å². The van der Waals surface area contributed by atoms with Crippen LogP contribution in [0.4, 0.5) is 0 Å². The van der Waals surface area contributed by atoms with Crippen LogP contribution < -0.4 is 11.2 Å². The van der Waals surface area contributed by atoms with Gasteiger partial charge in [-0.15, -0.1) is 0 Å². The number of H-pyrrole nitrogens is 1. The summed E-state index contributed by atoms with van der Waals surface area (Å²) in [6, 6.07) is 8.65. The highest BCUT2D eigenvalue weighted by Crippen LogP contribution is 2.16. The molecule has 0 saturated heterocycles. The topological polar surface area (TPSA) is 90.7 Å². The largest absolute Gasteiger partial charge is 0.493 e. The maximum absolute atomic E-state index is 12.2. The first-order chi connectivity index (χ1) is 12.0. The van der Waals surface area contributed by atoms with Crippen LogP contribution in [0, 0.1) is 0 Å². The van der Waals surface area contributed by atoms with Crippen molar-refractivity contribution in [2.45, 2.75) is 20.8 Å². The average molecular weight is 344 g/mol. The second-order valence-electron chi connectivity index (χ2n) is 5.62. The van der Waals surface area contributed by atoms with Crippen LogP contribution >= 0.6 is 0 Å². The van der Waals surface area contributed by atoms with Gasteiger partial charge in [0.15, 0.2) is 0 Å². The highest BCUT2D eigenvalue weighted by Gasteiger charge is 2.17. The van der Waals surface area contributed by atoms with Gasteiger partial charge in [0.05, 0.1) is 12.2 Å². The number of likely N-dealkylation sites (N-methyl/N-ethyl adjacent to an activating group) is 1. The Kier molecular flexibility index (Phi) is 6.30. The van der Waals surface area contributed by atoms with E-state index in [2.05, 4.69) is 28.7 Å². The van der Waals surface area contributed by atoms with E-state index < -0.39 is 17.1 Å². The van der Waals surface area contributed by atoms with Crippen LogP contribution in [-0.2, 0) is 0 Å². The Bertz CT molecular complexity index is 849. The molecule has 1 heterocycles. The molecule has 25 heavy (non-hydrogen) atoms. The lowest BCUT2D eigenvalue weighted by Crippen LogP contribution is -2.33. The maximum Gasteiger partial charge on any atom is 0.335 e. The standard InChI is InChI=1S/C18H24N4O3/c1-4-21(5-2)12-11-19-13(3)15-16(23)20-18(25)22(17(15)24)14-9-7-6-8-10-14/h6-10,24H,4-5,11-12H2,1-3H3,(H,20,23,25). The molecular formula is C18H24N4O3. The summed E-state index contributed by atoms with van der Waals surface area (Å²) in [5.74, 6) is -0.399. The van der Waals surface area contributed by atoms with E-state index in [9.17, 15) is 14.7 Å². The third-order valence-electron chi connectivity index (χ3n) is 4.12. The van der Waals surface area contributed by atoms with Gasteiger partial charge in [0, 0.05) is 12.3 Å². The van der Waals surface area contributed by atoms with Crippen molar-refractivity contribution in [3.05, 3.63) is 56.7 Å². The van der Waals surface area contributed by atoms with Crippen molar-refractivity contribution in [3.8, 4) is 11.6 Å². The Morgan fingerprint density at radius 2 is 1.84 bits per heavy atom. The lowest BCUT2D eigenvalue weighted by molar-refractivity contribution is 0.313. The molecule has 0 bridgehead atoms. The summed E-state index contributed by atoms with van der Waals surface area (Å²) < 4.78 is 1.07. The predicted octanol–water partition coefficient (Wildman–Crippen LogP) is 1.38. The van der Waals surface area contributed by atoms with Crippen molar-refractivity contribution in [1.29, 1.82) is 0 Å². The van der Waals surface area contributed by atoms with Crippen LogP contribution in [-0.4, -0.2) is 51.4 Å². The first-order valence-electron chi connectivity index (χ1n) is 8.37. The van der Waals surface area contributed by atoms with E-state index in [0.717, 1.165) is 24.2 Å². The Balaban J connectivity index is 2.41. The Hall–Kier alpha value is -2.67. The minimum atomic E-state index is -0.687. The van der Waals surface area contributed by atoms with E-state index in [-0.39, 0.29) is 5.56 Å². The highest BCUT2D eigenvalue weighted by atomic mass is 16.3. The van der Waals surface area contributed by atoms with Crippen molar-refractivity contribution in [2.75, 3.05) is 26.2 Å². The number of aromatic amines is 1. The zero-order valence-electron chi connectivity index (χ0n) is 14.8. The maximum atomic E-state index is 12.2. The summed E-state index contributed by atoms with van der Waals surface area (Å²) in [6.07, 6.45) is 0. The number of para-hydroxylation sites is 1. The Morgan fingerprint density at radius 3 is 2.44 bits per heavy atom. The molecule has 0 amide bonds. The number of aromatic hydroxyl groups is 1. The fraction of sp³-hybridized carbons (Fsp3) is 0.389. The van der Waals surface area contributed by atoms with Crippen LogP contribution in [0.3, 0.4) is 0 Å². The second kappa shape index (κ2) is 8.43. The Labute approximate surface area is 146 Å². The fourth-order valence-corrected chi connectivity index (χ4v) is 2.65. The minimum Gasteiger partial charge on any atom is -0.493 e. The Morgan fingerprint density at radius 1 is 1.20 bits per heavy atom. The number of aromatic nitrogens is 2. The predicted molar refractivity (Wildman–Crippen MR) is 99.2 cm³/mol. The summed E-state index contributed by atoms with van der Waals surface area (Å²) in [6.45, 7) is 8.94.